The van der Waals surface area contributed by atoms with Crippen LogP contribution in [0.5, 0.6) is 11.5 Å². The maximum Gasteiger partial charge on any atom is 0.256 e. The molecule has 1 aromatic rings. The van der Waals surface area contributed by atoms with Crippen LogP contribution >= 0.6 is 12.4 Å². The van der Waals surface area contributed by atoms with Crippen molar-refractivity contribution in [1.82, 2.24) is 10.2 Å². The quantitative estimate of drug-likeness (QED) is 0.751. The van der Waals surface area contributed by atoms with Gasteiger partial charge in [-0.3, -0.25) is 9.59 Å². The fourth-order valence-electron chi connectivity index (χ4n) is 2.90. The SMILES string of the molecule is CNCC(C)C(=O)Nc1cc(OC)c(OC)cc1C(=O)N1CCCC1.Cl. The molecule has 1 unspecified atom stereocenters. The highest BCUT2D eigenvalue weighted by molar-refractivity contribution is 6.05. The molecule has 1 aliphatic rings. The summed E-state index contributed by atoms with van der Waals surface area (Å²) >= 11 is 0. The molecule has 0 bridgehead atoms. The van der Waals surface area contributed by atoms with Gasteiger partial charge in [0.15, 0.2) is 11.5 Å². The number of hydrogen-bond donors (Lipinski definition) is 2. The van der Waals surface area contributed by atoms with Crippen molar-refractivity contribution >= 4 is 29.9 Å². The van der Waals surface area contributed by atoms with E-state index in [1.165, 1.54) is 14.2 Å². The highest BCUT2D eigenvalue weighted by Crippen LogP contribution is 2.34. The minimum Gasteiger partial charge on any atom is -0.493 e. The second-order valence-corrected chi connectivity index (χ2v) is 6.20. The van der Waals surface area contributed by atoms with Crippen LogP contribution in [-0.2, 0) is 4.79 Å². The Morgan fingerprint density at radius 1 is 1.15 bits per heavy atom. The van der Waals surface area contributed by atoms with Crippen LogP contribution in [0.4, 0.5) is 5.69 Å². The van der Waals surface area contributed by atoms with Gasteiger partial charge in [-0.1, -0.05) is 6.92 Å². The first kappa shape index (κ1) is 22.1. The van der Waals surface area contributed by atoms with E-state index in [4.69, 9.17) is 9.47 Å². The molecule has 1 saturated heterocycles. The van der Waals surface area contributed by atoms with Crippen LogP contribution < -0.4 is 20.1 Å². The fraction of sp³-hybridized carbons (Fsp3) is 0.556. The van der Waals surface area contributed by atoms with E-state index >= 15 is 0 Å². The Labute approximate surface area is 160 Å². The van der Waals surface area contributed by atoms with E-state index in [1.54, 1.807) is 24.1 Å². The maximum absolute atomic E-state index is 12.9. The minimum absolute atomic E-state index is 0. The van der Waals surface area contributed by atoms with Crippen molar-refractivity contribution in [2.45, 2.75) is 19.8 Å². The number of likely N-dealkylation sites (tertiary alicyclic amines) is 1. The largest absolute Gasteiger partial charge is 0.493 e. The molecular weight excluding hydrogens is 358 g/mol. The lowest BCUT2D eigenvalue weighted by atomic mass is 10.1. The van der Waals surface area contributed by atoms with Gasteiger partial charge in [-0.2, -0.15) is 0 Å². The van der Waals surface area contributed by atoms with Gasteiger partial charge in [0.1, 0.15) is 0 Å². The standard InChI is InChI=1S/C18H27N3O4.ClH/c1-12(11-19-2)17(22)20-14-10-16(25-4)15(24-3)9-13(14)18(23)21-7-5-6-8-21;/h9-10,12,19H,5-8,11H2,1-4H3,(H,20,22);1H. The predicted octanol–water partition coefficient (Wildman–Crippen LogP) is 2.16. The number of amides is 2. The lowest BCUT2D eigenvalue weighted by Gasteiger charge is -2.21. The molecule has 0 saturated carbocycles. The number of methoxy groups -OCH3 is 2. The summed E-state index contributed by atoms with van der Waals surface area (Å²) in [5.41, 5.74) is 0.868. The Hall–Kier alpha value is -1.99. The van der Waals surface area contributed by atoms with E-state index in [-0.39, 0.29) is 30.1 Å². The second-order valence-electron chi connectivity index (χ2n) is 6.20. The van der Waals surface area contributed by atoms with Gasteiger partial charge in [0, 0.05) is 31.6 Å². The van der Waals surface area contributed by atoms with E-state index in [9.17, 15) is 9.59 Å². The van der Waals surface area contributed by atoms with Crippen molar-refractivity contribution in [3.8, 4) is 11.5 Å². The van der Waals surface area contributed by atoms with Crippen LogP contribution in [0.3, 0.4) is 0 Å². The molecule has 0 spiro atoms. The lowest BCUT2D eigenvalue weighted by Crippen LogP contribution is -2.31. The molecule has 146 valence electrons. The number of rotatable bonds is 7. The molecule has 8 heteroatoms. The van der Waals surface area contributed by atoms with Crippen LogP contribution in [0.15, 0.2) is 12.1 Å². The number of nitrogens with zero attached hydrogens (tertiary/aromatic N) is 1. The van der Waals surface area contributed by atoms with Crippen molar-refractivity contribution in [2.24, 2.45) is 5.92 Å². The van der Waals surface area contributed by atoms with Crippen molar-refractivity contribution in [3.05, 3.63) is 17.7 Å². The van der Waals surface area contributed by atoms with Gasteiger partial charge in [-0.25, -0.2) is 0 Å². The summed E-state index contributed by atoms with van der Waals surface area (Å²) in [5.74, 6) is 0.447. The first-order valence-corrected chi connectivity index (χ1v) is 8.52. The van der Waals surface area contributed by atoms with Crippen LogP contribution in [0, 0.1) is 5.92 Å². The Bertz CT molecular complexity index is 633. The zero-order valence-corrected chi connectivity index (χ0v) is 16.6. The maximum atomic E-state index is 12.9. The summed E-state index contributed by atoms with van der Waals surface area (Å²) in [7, 11) is 4.84. The number of halogens is 1. The predicted molar refractivity (Wildman–Crippen MR) is 104 cm³/mol. The summed E-state index contributed by atoms with van der Waals surface area (Å²) in [4.78, 5) is 27.1. The molecule has 1 aromatic carbocycles. The third-order valence-electron chi connectivity index (χ3n) is 4.36. The molecule has 7 nitrogen and oxygen atoms in total. The molecule has 0 aromatic heterocycles. The summed E-state index contributed by atoms with van der Waals surface area (Å²) < 4.78 is 10.6. The molecule has 2 N–H and O–H groups in total. The van der Waals surface area contributed by atoms with E-state index in [0.29, 0.717) is 29.3 Å². The van der Waals surface area contributed by atoms with E-state index in [2.05, 4.69) is 10.6 Å². The average molecular weight is 386 g/mol. The van der Waals surface area contributed by atoms with E-state index < -0.39 is 0 Å². The minimum atomic E-state index is -0.229. The Morgan fingerprint density at radius 2 is 1.73 bits per heavy atom. The number of nitrogens with one attached hydrogen (secondary N) is 2. The van der Waals surface area contributed by atoms with E-state index in [0.717, 1.165) is 25.9 Å². The smallest absolute Gasteiger partial charge is 0.256 e. The number of carbonyl (C=O) groups is 2. The number of hydrogen-bond acceptors (Lipinski definition) is 5. The third kappa shape index (κ3) is 5.02. The van der Waals surface area contributed by atoms with Gasteiger partial charge in [-0.05, 0) is 26.0 Å². The Kier molecular flexibility index (Phi) is 8.68. The molecule has 2 rings (SSSR count). The summed E-state index contributed by atoms with van der Waals surface area (Å²) in [6, 6.07) is 3.28. The van der Waals surface area contributed by atoms with Crippen LogP contribution in [0.25, 0.3) is 0 Å². The lowest BCUT2D eigenvalue weighted by molar-refractivity contribution is -0.119. The zero-order chi connectivity index (χ0) is 18.4. The Morgan fingerprint density at radius 3 is 2.27 bits per heavy atom. The zero-order valence-electron chi connectivity index (χ0n) is 15.8. The van der Waals surface area contributed by atoms with Crippen LogP contribution in [0.1, 0.15) is 30.1 Å². The number of anilines is 1. The molecule has 1 aliphatic heterocycles. The molecular formula is C18H28ClN3O4. The molecule has 0 aliphatic carbocycles. The molecule has 1 atom stereocenters. The monoisotopic (exact) mass is 385 g/mol. The molecule has 1 heterocycles. The molecule has 2 amide bonds. The highest BCUT2D eigenvalue weighted by atomic mass is 35.5. The highest BCUT2D eigenvalue weighted by Gasteiger charge is 2.25. The average Bonchev–Trinajstić information content (AvgIpc) is 3.15. The van der Waals surface area contributed by atoms with Crippen LogP contribution in [0.2, 0.25) is 0 Å². The number of benzene rings is 1. The fourth-order valence-corrected chi connectivity index (χ4v) is 2.90. The Balaban J connectivity index is 0.00000338. The van der Waals surface area contributed by atoms with E-state index in [1.807, 2.05) is 6.92 Å². The van der Waals surface area contributed by atoms with Gasteiger partial charge in [0.05, 0.1) is 25.5 Å². The summed E-state index contributed by atoms with van der Waals surface area (Å²) in [5, 5.41) is 5.84. The third-order valence-corrected chi connectivity index (χ3v) is 4.36. The first-order chi connectivity index (χ1) is 12.0. The topological polar surface area (TPSA) is 79.9 Å². The van der Waals surface area contributed by atoms with Gasteiger partial charge >= 0.3 is 0 Å². The normalized spacial score (nSPS) is 14.4. The van der Waals surface area contributed by atoms with Gasteiger partial charge < -0.3 is 25.0 Å². The van der Waals surface area contributed by atoms with Crippen molar-refractivity contribution in [1.29, 1.82) is 0 Å². The van der Waals surface area contributed by atoms with Crippen LogP contribution in [-0.4, -0.2) is 57.6 Å². The summed E-state index contributed by atoms with van der Waals surface area (Å²) in [6.45, 7) is 3.84. The molecule has 1 fully saturated rings. The number of carbonyl (C=O) groups excluding carboxylic acids is 2. The van der Waals surface area contributed by atoms with Gasteiger partial charge in [-0.15, -0.1) is 12.4 Å². The van der Waals surface area contributed by atoms with Gasteiger partial charge in [0.25, 0.3) is 5.91 Å². The molecule has 0 radical (unpaired) electrons. The molecule has 26 heavy (non-hydrogen) atoms. The van der Waals surface area contributed by atoms with Crippen molar-refractivity contribution in [2.75, 3.05) is 46.2 Å². The number of ether oxygens (including phenoxy) is 2. The van der Waals surface area contributed by atoms with Crippen molar-refractivity contribution in [3.63, 3.8) is 0 Å². The summed E-state index contributed by atoms with van der Waals surface area (Å²) in [6.07, 6.45) is 2.00. The second kappa shape index (κ2) is 10.2. The van der Waals surface area contributed by atoms with Gasteiger partial charge in [0.2, 0.25) is 5.91 Å². The van der Waals surface area contributed by atoms with Crippen molar-refractivity contribution < 1.29 is 19.1 Å². The first-order valence-electron chi connectivity index (χ1n) is 8.52.